The molecular formula is C20H22N4O3S. The smallest absolute Gasteiger partial charge is 0.161 e. The molecule has 0 fully saturated rings. The lowest BCUT2D eigenvalue weighted by Gasteiger charge is -2.24. The summed E-state index contributed by atoms with van der Waals surface area (Å²) >= 11 is 1.66. The molecule has 0 radical (unpaired) electrons. The lowest BCUT2D eigenvalue weighted by Crippen LogP contribution is -2.35. The molecule has 5 rings (SSSR count). The number of nitrogens with one attached hydrogen (secondary N) is 1. The van der Waals surface area contributed by atoms with Gasteiger partial charge in [-0.25, -0.2) is 9.97 Å². The Morgan fingerprint density at radius 3 is 3.04 bits per heavy atom. The van der Waals surface area contributed by atoms with Crippen LogP contribution in [0.5, 0.6) is 11.5 Å². The highest BCUT2D eigenvalue weighted by atomic mass is 32.1. The topological polar surface area (TPSA) is 70.4 Å². The van der Waals surface area contributed by atoms with Gasteiger partial charge in [-0.15, -0.1) is 11.3 Å². The van der Waals surface area contributed by atoms with Crippen LogP contribution in [0.1, 0.15) is 17.3 Å². The quantitative estimate of drug-likeness (QED) is 0.713. The van der Waals surface area contributed by atoms with Crippen molar-refractivity contribution < 1.29 is 14.2 Å². The van der Waals surface area contributed by atoms with Gasteiger partial charge < -0.3 is 24.1 Å². The molecule has 0 bridgehead atoms. The zero-order chi connectivity index (χ0) is 18.8. The summed E-state index contributed by atoms with van der Waals surface area (Å²) in [6, 6.07) is 6.02. The summed E-state index contributed by atoms with van der Waals surface area (Å²) in [4.78, 5) is 9.05. The molecule has 0 unspecified atom stereocenters. The van der Waals surface area contributed by atoms with E-state index >= 15 is 0 Å². The van der Waals surface area contributed by atoms with Crippen molar-refractivity contribution in [1.29, 1.82) is 0 Å². The number of benzene rings is 1. The Hall–Kier alpha value is -2.42. The molecule has 3 aromatic rings. The number of aromatic nitrogens is 3. The largest absolute Gasteiger partial charge is 0.490 e. The van der Waals surface area contributed by atoms with Crippen molar-refractivity contribution in [2.75, 3.05) is 19.8 Å². The number of fused-ring (bicyclic) bond motifs is 2. The molecular weight excluding hydrogens is 376 g/mol. The van der Waals surface area contributed by atoms with Crippen molar-refractivity contribution >= 4 is 11.3 Å². The van der Waals surface area contributed by atoms with Crippen molar-refractivity contribution in [3.63, 3.8) is 0 Å². The molecule has 7 nitrogen and oxygen atoms in total. The molecule has 1 atom stereocenters. The van der Waals surface area contributed by atoms with Crippen LogP contribution in [0.2, 0.25) is 0 Å². The van der Waals surface area contributed by atoms with Gasteiger partial charge in [0.05, 0.1) is 31.6 Å². The first-order valence-corrected chi connectivity index (χ1v) is 10.4. The number of hydrogen-bond acceptors (Lipinski definition) is 7. The van der Waals surface area contributed by atoms with Crippen molar-refractivity contribution in [1.82, 2.24) is 19.9 Å². The van der Waals surface area contributed by atoms with Crippen LogP contribution in [0.4, 0.5) is 0 Å². The van der Waals surface area contributed by atoms with Crippen molar-refractivity contribution in [3.8, 4) is 22.8 Å². The Labute approximate surface area is 167 Å². The third-order valence-electron chi connectivity index (χ3n) is 4.88. The van der Waals surface area contributed by atoms with Crippen LogP contribution in [0.25, 0.3) is 11.3 Å². The first-order chi connectivity index (χ1) is 13.8. The third kappa shape index (κ3) is 3.76. The van der Waals surface area contributed by atoms with Gasteiger partial charge in [0.2, 0.25) is 0 Å². The van der Waals surface area contributed by atoms with Crippen molar-refractivity contribution in [2.24, 2.45) is 0 Å². The maximum absolute atomic E-state index is 5.97. The van der Waals surface area contributed by atoms with E-state index in [2.05, 4.69) is 21.1 Å². The second kappa shape index (κ2) is 7.90. The fraction of sp³-hybridized carbons (Fsp3) is 0.400. The Balaban J connectivity index is 1.26. The summed E-state index contributed by atoms with van der Waals surface area (Å²) in [5, 5.41) is 6.51. The van der Waals surface area contributed by atoms with Crippen LogP contribution in [-0.4, -0.2) is 40.4 Å². The van der Waals surface area contributed by atoms with Gasteiger partial charge in [-0.2, -0.15) is 0 Å². The Morgan fingerprint density at radius 1 is 1.21 bits per heavy atom. The van der Waals surface area contributed by atoms with E-state index < -0.39 is 0 Å². The molecule has 8 heteroatoms. The predicted octanol–water partition coefficient (Wildman–Crippen LogP) is 2.86. The summed E-state index contributed by atoms with van der Waals surface area (Å²) < 4.78 is 19.7. The van der Waals surface area contributed by atoms with E-state index in [-0.39, 0.29) is 6.10 Å². The highest BCUT2D eigenvalue weighted by molar-refractivity contribution is 7.09. The number of ether oxygens (including phenoxy) is 3. The monoisotopic (exact) mass is 398 g/mol. The maximum Gasteiger partial charge on any atom is 0.161 e. The zero-order valence-electron chi connectivity index (χ0n) is 15.5. The first-order valence-electron chi connectivity index (χ1n) is 9.52. The molecule has 2 aromatic heterocycles. The average Bonchev–Trinajstić information content (AvgIpc) is 3.32. The summed E-state index contributed by atoms with van der Waals surface area (Å²) in [7, 11) is 0. The Morgan fingerprint density at radius 2 is 2.14 bits per heavy atom. The van der Waals surface area contributed by atoms with Gasteiger partial charge in [0.25, 0.3) is 0 Å². The molecule has 0 aliphatic carbocycles. The second-order valence-electron chi connectivity index (χ2n) is 6.90. The highest BCUT2D eigenvalue weighted by Crippen LogP contribution is 2.34. The van der Waals surface area contributed by atoms with Gasteiger partial charge in [-0.3, -0.25) is 0 Å². The SMILES string of the molecule is c1csc(CNC[C@H]2Cn3cc(-c4ccc5c(c4)OCCCO5)nc3CO2)n1. The fourth-order valence-electron chi connectivity index (χ4n) is 3.46. The fourth-order valence-corrected chi connectivity index (χ4v) is 4.04. The Kier molecular flexibility index (Phi) is 4.99. The molecule has 2 aliphatic rings. The predicted molar refractivity (Wildman–Crippen MR) is 106 cm³/mol. The van der Waals surface area contributed by atoms with E-state index in [9.17, 15) is 0 Å². The third-order valence-corrected chi connectivity index (χ3v) is 5.66. The summed E-state index contributed by atoms with van der Waals surface area (Å²) in [6.07, 6.45) is 4.96. The minimum absolute atomic E-state index is 0.123. The molecule has 0 spiro atoms. The van der Waals surface area contributed by atoms with Gasteiger partial charge in [-0.05, 0) is 18.2 Å². The van der Waals surface area contributed by atoms with Crippen LogP contribution < -0.4 is 14.8 Å². The van der Waals surface area contributed by atoms with Crippen molar-refractivity contribution in [2.45, 2.75) is 32.2 Å². The summed E-state index contributed by atoms with van der Waals surface area (Å²) in [6.45, 7) is 4.25. The standard InChI is InChI=1S/C20H22N4O3S/c1-5-25-17-3-2-14(8-18(17)26-6-1)16-12-24-11-15(27-13-19(24)23-16)9-21-10-20-22-4-7-28-20/h2-4,7-8,12,15,21H,1,5-6,9-11,13H2/t15-/m0/s1. The van der Waals surface area contributed by atoms with Gasteiger partial charge in [0.1, 0.15) is 17.4 Å². The molecule has 28 heavy (non-hydrogen) atoms. The highest BCUT2D eigenvalue weighted by Gasteiger charge is 2.22. The van der Waals surface area contributed by atoms with E-state index in [0.29, 0.717) is 19.8 Å². The average molecular weight is 398 g/mol. The number of rotatable bonds is 5. The van der Waals surface area contributed by atoms with Crippen LogP contribution in [0, 0.1) is 0 Å². The lowest BCUT2D eigenvalue weighted by atomic mass is 10.1. The van der Waals surface area contributed by atoms with Gasteiger partial charge in [0, 0.05) is 42.8 Å². The minimum atomic E-state index is 0.123. The lowest BCUT2D eigenvalue weighted by molar-refractivity contribution is 0.00278. The maximum atomic E-state index is 5.97. The van der Waals surface area contributed by atoms with Gasteiger partial charge >= 0.3 is 0 Å². The van der Waals surface area contributed by atoms with Crippen molar-refractivity contribution in [3.05, 3.63) is 46.8 Å². The first kappa shape index (κ1) is 17.7. The van der Waals surface area contributed by atoms with Crippen LogP contribution in [-0.2, 0) is 24.4 Å². The van der Waals surface area contributed by atoms with Gasteiger partial charge in [0.15, 0.2) is 11.5 Å². The summed E-state index contributed by atoms with van der Waals surface area (Å²) in [5.41, 5.74) is 1.97. The second-order valence-corrected chi connectivity index (χ2v) is 7.88. The van der Waals surface area contributed by atoms with Gasteiger partial charge in [-0.1, -0.05) is 0 Å². The molecule has 0 saturated heterocycles. The number of thiazole rings is 1. The molecule has 4 heterocycles. The normalized spacial score (nSPS) is 18.5. The van der Waals surface area contributed by atoms with E-state index in [1.165, 1.54) is 0 Å². The molecule has 1 N–H and O–H groups in total. The zero-order valence-corrected chi connectivity index (χ0v) is 16.3. The minimum Gasteiger partial charge on any atom is -0.490 e. The molecule has 0 amide bonds. The van der Waals surface area contributed by atoms with Crippen LogP contribution >= 0.6 is 11.3 Å². The number of hydrogen-bond donors (Lipinski definition) is 1. The van der Waals surface area contributed by atoms with Crippen LogP contribution in [0.3, 0.4) is 0 Å². The summed E-state index contributed by atoms with van der Waals surface area (Å²) in [5.74, 6) is 2.56. The molecule has 0 saturated carbocycles. The van der Waals surface area contributed by atoms with Crippen LogP contribution in [0.15, 0.2) is 36.0 Å². The van der Waals surface area contributed by atoms with E-state index in [4.69, 9.17) is 19.2 Å². The molecule has 146 valence electrons. The van der Waals surface area contributed by atoms with E-state index in [1.54, 1.807) is 11.3 Å². The number of imidazole rings is 1. The number of nitrogens with zero attached hydrogens (tertiary/aromatic N) is 3. The Bertz CT molecular complexity index is 941. The molecule has 1 aromatic carbocycles. The van der Waals surface area contributed by atoms with E-state index in [1.807, 2.05) is 29.8 Å². The molecule has 2 aliphatic heterocycles. The van der Waals surface area contributed by atoms with E-state index in [0.717, 1.165) is 59.6 Å².